The SMILES string of the molecule is Oc1cccc(-c2cccc(C3OCCO3)c2)c1. The topological polar surface area (TPSA) is 38.7 Å². The molecular formula is C15H14O3. The average molecular weight is 242 g/mol. The predicted molar refractivity (Wildman–Crippen MR) is 68.2 cm³/mol. The summed E-state index contributed by atoms with van der Waals surface area (Å²) in [6.45, 7) is 1.28. The van der Waals surface area contributed by atoms with E-state index in [1.165, 1.54) is 0 Å². The fourth-order valence-corrected chi connectivity index (χ4v) is 2.10. The van der Waals surface area contributed by atoms with Gasteiger partial charge in [-0.3, -0.25) is 0 Å². The van der Waals surface area contributed by atoms with Gasteiger partial charge in [0.25, 0.3) is 0 Å². The number of hydrogen-bond acceptors (Lipinski definition) is 3. The Balaban J connectivity index is 1.95. The molecule has 1 heterocycles. The van der Waals surface area contributed by atoms with Crippen molar-refractivity contribution < 1.29 is 14.6 Å². The van der Waals surface area contributed by atoms with Crippen molar-refractivity contribution in [3.05, 3.63) is 54.1 Å². The molecule has 3 nitrogen and oxygen atoms in total. The molecule has 1 N–H and O–H groups in total. The number of rotatable bonds is 2. The van der Waals surface area contributed by atoms with Crippen LogP contribution in [-0.2, 0) is 9.47 Å². The molecule has 0 bridgehead atoms. The number of phenols is 1. The van der Waals surface area contributed by atoms with Gasteiger partial charge in [-0.15, -0.1) is 0 Å². The van der Waals surface area contributed by atoms with Crippen LogP contribution in [-0.4, -0.2) is 18.3 Å². The highest BCUT2D eigenvalue weighted by Gasteiger charge is 2.18. The van der Waals surface area contributed by atoms with Crippen LogP contribution < -0.4 is 0 Å². The summed E-state index contributed by atoms with van der Waals surface area (Å²) in [5.41, 5.74) is 3.03. The van der Waals surface area contributed by atoms with Gasteiger partial charge in [0.1, 0.15) is 5.75 Å². The molecule has 18 heavy (non-hydrogen) atoms. The first-order valence-corrected chi connectivity index (χ1v) is 5.95. The van der Waals surface area contributed by atoms with Gasteiger partial charge in [0.15, 0.2) is 6.29 Å². The summed E-state index contributed by atoms with van der Waals surface area (Å²) >= 11 is 0. The van der Waals surface area contributed by atoms with Gasteiger partial charge >= 0.3 is 0 Å². The molecule has 0 unspecified atom stereocenters. The van der Waals surface area contributed by atoms with Crippen LogP contribution in [0.1, 0.15) is 11.9 Å². The second-order valence-electron chi connectivity index (χ2n) is 4.25. The zero-order valence-electron chi connectivity index (χ0n) is 9.87. The molecule has 1 fully saturated rings. The van der Waals surface area contributed by atoms with Crippen molar-refractivity contribution in [1.29, 1.82) is 0 Å². The average Bonchev–Trinajstić information content (AvgIpc) is 2.93. The van der Waals surface area contributed by atoms with E-state index in [9.17, 15) is 5.11 Å². The van der Waals surface area contributed by atoms with Crippen molar-refractivity contribution in [3.8, 4) is 16.9 Å². The third-order valence-corrected chi connectivity index (χ3v) is 2.96. The first-order chi connectivity index (χ1) is 8.83. The van der Waals surface area contributed by atoms with Crippen molar-refractivity contribution in [2.24, 2.45) is 0 Å². The fourth-order valence-electron chi connectivity index (χ4n) is 2.10. The molecule has 0 saturated carbocycles. The fraction of sp³-hybridized carbons (Fsp3) is 0.200. The molecule has 3 heteroatoms. The molecule has 2 aromatic carbocycles. The quantitative estimate of drug-likeness (QED) is 0.879. The lowest BCUT2D eigenvalue weighted by Gasteiger charge is -2.11. The minimum absolute atomic E-state index is 0.262. The molecule has 1 saturated heterocycles. The summed E-state index contributed by atoms with van der Waals surface area (Å²) < 4.78 is 11.0. The van der Waals surface area contributed by atoms with Crippen LogP contribution in [0.4, 0.5) is 0 Å². The first kappa shape index (κ1) is 11.3. The second-order valence-corrected chi connectivity index (χ2v) is 4.25. The van der Waals surface area contributed by atoms with Crippen LogP contribution in [0.5, 0.6) is 5.75 Å². The lowest BCUT2D eigenvalue weighted by Crippen LogP contribution is -1.97. The molecule has 0 radical (unpaired) electrons. The number of phenolic OH excluding ortho intramolecular Hbond substituents is 1. The van der Waals surface area contributed by atoms with Crippen LogP contribution in [0.3, 0.4) is 0 Å². The first-order valence-electron chi connectivity index (χ1n) is 5.95. The van der Waals surface area contributed by atoms with E-state index in [0.29, 0.717) is 13.2 Å². The Kier molecular flexibility index (Phi) is 3.00. The van der Waals surface area contributed by atoms with Crippen LogP contribution in [0.2, 0.25) is 0 Å². The highest BCUT2D eigenvalue weighted by atomic mass is 16.7. The van der Waals surface area contributed by atoms with Crippen molar-refractivity contribution in [1.82, 2.24) is 0 Å². The molecular weight excluding hydrogens is 228 g/mol. The summed E-state index contributed by atoms with van der Waals surface area (Å²) in [4.78, 5) is 0. The van der Waals surface area contributed by atoms with Gasteiger partial charge in [0.2, 0.25) is 0 Å². The van der Waals surface area contributed by atoms with E-state index in [1.807, 2.05) is 36.4 Å². The molecule has 0 aromatic heterocycles. The minimum Gasteiger partial charge on any atom is -0.508 e. The lowest BCUT2D eigenvalue weighted by atomic mass is 10.0. The summed E-state index contributed by atoms with van der Waals surface area (Å²) in [7, 11) is 0. The Bertz CT molecular complexity index is 545. The largest absolute Gasteiger partial charge is 0.508 e. The van der Waals surface area contributed by atoms with Gasteiger partial charge in [-0.2, -0.15) is 0 Å². The molecule has 1 aliphatic rings. The number of ether oxygens (including phenoxy) is 2. The van der Waals surface area contributed by atoms with E-state index in [2.05, 4.69) is 0 Å². The maximum atomic E-state index is 9.51. The summed E-state index contributed by atoms with van der Waals surface area (Å²) in [6, 6.07) is 15.2. The maximum Gasteiger partial charge on any atom is 0.184 e. The molecule has 1 aliphatic heterocycles. The van der Waals surface area contributed by atoms with Gasteiger partial charge in [-0.1, -0.05) is 30.3 Å². The molecule has 0 aliphatic carbocycles. The summed E-state index contributed by atoms with van der Waals surface area (Å²) in [5, 5.41) is 9.51. The zero-order chi connectivity index (χ0) is 12.4. The zero-order valence-corrected chi connectivity index (χ0v) is 9.87. The normalized spacial score (nSPS) is 16.0. The molecule has 0 spiro atoms. The Morgan fingerprint density at radius 1 is 0.889 bits per heavy atom. The predicted octanol–water partition coefficient (Wildman–Crippen LogP) is 3.10. The molecule has 0 amide bonds. The smallest absolute Gasteiger partial charge is 0.184 e. The van der Waals surface area contributed by atoms with Crippen molar-refractivity contribution in [2.75, 3.05) is 13.2 Å². The van der Waals surface area contributed by atoms with Crippen LogP contribution in [0.15, 0.2) is 48.5 Å². The third kappa shape index (κ3) is 2.23. The Labute approximate surface area is 106 Å². The van der Waals surface area contributed by atoms with Crippen LogP contribution >= 0.6 is 0 Å². The van der Waals surface area contributed by atoms with Crippen LogP contribution in [0.25, 0.3) is 11.1 Å². The Morgan fingerprint density at radius 2 is 1.56 bits per heavy atom. The van der Waals surface area contributed by atoms with Gasteiger partial charge < -0.3 is 14.6 Å². The summed E-state index contributed by atoms with van der Waals surface area (Å²) in [5.74, 6) is 0.270. The number of hydrogen-bond donors (Lipinski definition) is 1. The van der Waals surface area contributed by atoms with E-state index < -0.39 is 0 Å². The minimum atomic E-state index is -0.262. The molecule has 2 aromatic rings. The maximum absolute atomic E-state index is 9.51. The van der Waals surface area contributed by atoms with Gasteiger partial charge in [0.05, 0.1) is 13.2 Å². The standard InChI is InChI=1S/C15H14O3/c16-14-6-2-4-12(10-14)11-3-1-5-13(9-11)15-17-7-8-18-15/h1-6,9-10,15-16H,7-8H2. The third-order valence-electron chi connectivity index (χ3n) is 2.96. The van der Waals surface area contributed by atoms with Gasteiger partial charge in [0, 0.05) is 5.56 Å². The van der Waals surface area contributed by atoms with Crippen LogP contribution in [0, 0.1) is 0 Å². The second kappa shape index (κ2) is 4.80. The van der Waals surface area contributed by atoms with E-state index in [-0.39, 0.29) is 12.0 Å². The van der Waals surface area contributed by atoms with Gasteiger partial charge in [-0.05, 0) is 29.3 Å². The Morgan fingerprint density at radius 3 is 2.28 bits per heavy atom. The molecule has 92 valence electrons. The van der Waals surface area contributed by atoms with Gasteiger partial charge in [-0.25, -0.2) is 0 Å². The lowest BCUT2D eigenvalue weighted by molar-refractivity contribution is -0.0440. The monoisotopic (exact) mass is 242 g/mol. The van der Waals surface area contributed by atoms with E-state index in [4.69, 9.17) is 9.47 Å². The van der Waals surface area contributed by atoms with Crippen molar-refractivity contribution in [3.63, 3.8) is 0 Å². The number of aromatic hydroxyl groups is 1. The Hall–Kier alpha value is -1.84. The van der Waals surface area contributed by atoms with Crippen molar-refractivity contribution >= 4 is 0 Å². The highest BCUT2D eigenvalue weighted by molar-refractivity contribution is 5.65. The molecule has 0 atom stereocenters. The highest BCUT2D eigenvalue weighted by Crippen LogP contribution is 2.29. The number of benzene rings is 2. The molecule has 3 rings (SSSR count). The van der Waals surface area contributed by atoms with E-state index in [1.54, 1.807) is 12.1 Å². The van der Waals surface area contributed by atoms with Crippen molar-refractivity contribution in [2.45, 2.75) is 6.29 Å². The summed E-state index contributed by atoms with van der Waals surface area (Å²) in [6.07, 6.45) is -0.262. The van der Waals surface area contributed by atoms with E-state index >= 15 is 0 Å². The van der Waals surface area contributed by atoms with E-state index in [0.717, 1.165) is 16.7 Å².